The van der Waals surface area contributed by atoms with Crippen molar-refractivity contribution < 1.29 is 4.43 Å². The summed E-state index contributed by atoms with van der Waals surface area (Å²) in [7, 11) is -1.72. The summed E-state index contributed by atoms with van der Waals surface area (Å²) < 4.78 is 7.39. The quantitative estimate of drug-likeness (QED) is 0.366. The molecule has 0 atom stereocenters. The van der Waals surface area contributed by atoms with Crippen LogP contribution in [0.2, 0.25) is 18.1 Å². The van der Waals surface area contributed by atoms with Crippen LogP contribution in [0.1, 0.15) is 39.0 Å². The van der Waals surface area contributed by atoms with Gasteiger partial charge >= 0.3 is 0 Å². The molecule has 0 saturated carbocycles. The van der Waals surface area contributed by atoms with Crippen LogP contribution in [-0.4, -0.2) is 13.3 Å². The van der Waals surface area contributed by atoms with Crippen molar-refractivity contribution in [3.05, 3.63) is 64.3 Å². The first-order valence-corrected chi connectivity index (χ1v) is 13.6. The molecular formula is C24H30BrNOSi. The molecule has 1 heterocycles. The summed E-state index contributed by atoms with van der Waals surface area (Å²) in [5.74, 6) is 0. The maximum absolute atomic E-state index is 6.35. The second-order valence-corrected chi connectivity index (χ2v) is 14.6. The van der Waals surface area contributed by atoms with Gasteiger partial charge in [-0.05, 0) is 75.4 Å². The molecule has 0 aliphatic carbocycles. The Kier molecular flexibility index (Phi) is 6.13. The summed E-state index contributed by atoms with van der Waals surface area (Å²) in [6, 6.07) is 17.4. The molecule has 0 fully saturated rings. The van der Waals surface area contributed by atoms with Crippen molar-refractivity contribution in [1.82, 2.24) is 4.98 Å². The molecule has 28 heavy (non-hydrogen) atoms. The molecule has 1 aromatic heterocycles. The number of halogens is 1. The summed E-state index contributed by atoms with van der Waals surface area (Å²) in [5, 5.41) is 1.39. The van der Waals surface area contributed by atoms with Gasteiger partial charge in [0.05, 0.1) is 12.1 Å². The van der Waals surface area contributed by atoms with Gasteiger partial charge in [-0.3, -0.25) is 4.98 Å². The lowest BCUT2D eigenvalue weighted by Crippen LogP contribution is -2.40. The molecule has 0 bridgehead atoms. The minimum Gasteiger partial charge on any atom is -0.413 e. The molecule has 2 aromatic carbocycles. The normalized spacial score (nSPS) is 12.5. The zero-order valence-corrected chi connectivity index (χ0v) is 20.4. The third-order valence-corrected chi connectivity index (χ3v) is 10.9. The number of rotatable bonds is 5. The first kappa shape index (κ1) is 21.2. The second kappa shape index (κ2) is 8.09. The fourth-order valence-corrected chi connectivity index (χ4v) is 4.39. The minimum atomic E-state index is -1.72. The lowest BCUT2D eigenvalue weighted by molar-refractivity contribution is 0.276. The van der Waals surface area contributed by atoms with Crippen molar-refractivity contribution in [2.24, 2.45) is 0 Å². The lowest BCUT2D eigenvalue weighted by atomic mass is 10.0. The van der Waals surface area contributed by atoms with E-state index in [1.165, 1.54) is 16.7 Å². The van der Waals surface area contributed by atoms with Crippen LogP contribution in [0.15, 0.2) is 53.0 Å². The van der Waals surface area contributed by atoms with E-state index in [0.29, 0.717) is 6.61 Å². The number of hydrogen-bond acceptors (Lipinski definition) is 2. The van der Waals surface area contributed by atoms with Gasteiger partial charge in [-0.15, -0.1) is 0 Å². The molecule has 4 heteroatoms. The van der Waals surface area contributed by atoms with Crippen LogP contribution in [0, 0.1) is 0 Å². The third-order valence-electron chi connectivity index (χ3n) is 5.86. The van der Waals surface area contributed by atoms with Gasteiger partial charge in [-0.25, -0.2) is 0 Å². The van der Waals surface area contributed by atoms with Crippen LogP contribution in [0.25, 0.3) is 22.0 Å². The molecule has 0 spiro atoms. The number of aryl methyl sites for hydroxylation is 1. The SMILES string of the molecule is CCc1ccc2cc(-c3ccc(CO[Si](C)(C)C(C)(C)C)cc3)cc(Br)c2n1. The van der Waals surface area contributed by atoms with Crippen molar-refractivity contribution in [3.8, 4) is 11.1 Å². The Labute approximate surface area is 178 Å². The molecule has 2 nitrogen and oxygen atoms in total. The number of benzene rings is 2. The zero-order valence-electron chi connectivity index (χ0n) is 17.8. The fourth-order valence-electron chi connectivity index (χ4n) is 2.87. The molecule has 0 N–H and O–H groups in total. The van der Waals surface area contributed by atoms with Crippen molar-refractivity contribution in [2.45, 2.75) is 58.9 Å². The number of nitrogens with zero attached hydrogens (tertiary/aromatic N) is 1. The van der Waals surface area contributed by atoms with Gasteiger partial charge in [0.2, 0.25) is 0 Å². The summed E-state index contributed by atoms with van der Waals surface area (Å²) >= 11 is 3.71. The lowest BCUT2D eigenvalue weighted by Gasteiger charge is -2.36. The van der Waals surface area contributed by atoms with E-state index < -0.39 is 8.32 Å². The van der Waals surface area contributed by atoms with Crippen molar-refractivity contribution in [2.75, 3.05) is 0 Å². The smallest absolute Gasteiger partial charge is 0.192 e. The summed E-state index contributed by atoms with van der Waals surface area (Å²) in [6.45, 7) is 14.2. The van der Waals surface area contributed by atoms with Gasteiger partial charge < -0.3 is 4.43 Å². The highest BCUT2D eigenvalue weighted by Gasteiger charge is 2.36. The predicted molar refractivity (Wildman–Crippen MR) is 126 cm³/mol. The Bertz CT molecular complexity index is 974. The maximum atomic E-state index is 6.35. The van der Waals surface area contributed by atoms with Gasteiger partial charge in [-0.2, -0.15) is 0 Å². The third kappa shape index (κ3) is 4.56. The second-order valence-electron chi connectivity index (χ2n) is 8.93. The van der Waals surface area contributed by atoms with Crippen LogP contribution in [0.3, 0.4) is 0 Å². The Morgan fingerprint density at radius 1 is 0.964 bits per heavy atom. The maximum Gasteiger partial charge on any atom is 0.192 e. The minimum absolute atomic E-state index is 0.232. The van der Waals surface area contributed by atoms with Crippen molar-refractivity contribution in [1.29, 1.82) is 0 Å². The van der Waals surface area contributed by atoms with Gasteiger partial charge in [0.15, 0.2) is 8.32 Å². The van der Waals surface area contributed by atoms with E-state index >= 15 is 0 Å². The Morgan fingerprint density at radius 3 is 2.25 bits per heavy atom. The van der Waals surface area contributed by atoms with Crippen LogP contribution in [0.4, 0.5) is 0 Å². The molecule has 0 saturated heterocycles. The summed E-state index contributed by atoms with van der Waals surface area (Å²) in [6.07, 6.45) is 0.947. The summed E-state index contributed by atoms with van der Waals surface area (Å²) in [4.78, 5) is 4.75. The van der Waals surface area contributed by atoms with E-state index in [-0.39, 0.29) is 5.04 Å². The van der Waals surface area contributed by atoms with Gasteiger partial charge in [0, 0.05) is 15.6 Å². The zero-order chi connectivity index (χ0) is 20.5. The van der Waals surface area contributed by atoms with Crippen molar-refractivity contribution >= 4 is 35.2 Å². The molecular weight excluding hydrogens is 426 g/mol. The van der Waals surface area contributed by atoms with Crippen LogP contribution >= 0.6 is 15.9 Å². The predicted octanol–water partition coefficient (Wildman–Crippen LogP) is 7.75. The van der Waals surface area contributed by atoms with Crippen molar-refractivity contribution in [3.63, 3.8) is 0 Å². The Hall–Kier alpha value is -1.49. The summed E-state index contributed by atoms with van der Waals surface area (Å²) in [5.41, 5.74) is 5.78. The molecule has 3 aromatic rings. The molecule has 148 valence electrons. The van der Waals surface area contributed by atoms with E-state index in [1.54, 1.807) is 0 Å². The number of pyridine rings is 1. The molecule has 0 radical (unpaired) electrons. The van der Waals surface area contributed by atoms with E-state index in [0.717, 1.165) is 27.5 Å². The first-order valence-electron chi connectivity index (χ1n) is 9.93. The average Bonchev–Trinajstić information content (AvgIpc) is 2.65. The molecule has 0 aliphatic heterocycles. The molecule has 0 unspecified atom stereocenters. The van der Waals surface area contributed by atoms with E-state index in [2.05, 4.69) is 105 Å². The first-order chi connectivity index (χ1) is 13.1. The van der Waals surface area contributed by atoms with Gasteiger partial charge in [0.1, 0.15) is 0 Å². The monoisotopic (exact) mass is 455 g/mol. The molecule has 3 rings (SSSR count). The average molecular weight is 457 g/mol. The molecule has 0 aliphatic rings. The van der Waals surface area contributed by atoms with Gasteiger partial charge in [0.25, 0.3) is 0 Å². The Morgan fingerprint density at radius 2 is 1.64 bits per heavy atom. The number of hydrogen-bond donors (Lipinski definition) is 0. The van der Waals surface area contributed by atoms with E-state index in [9.17, 15) is 0 Å². The highest BCUT2D eigenvalue weighted by atomic mass is 79.9. The molecule has 0 amide bonds. The largest absolute Gasteiger partial charge is 0.413 e. The Balaban J connectivity index is 1.82. The number of aromatic nitrogens is 1. The fraction of sp³-hybridized carbons (Fsp3) is 0.375. The highest BCUT2D eigenvalue weighted by molar-refractivity contribution is 9.10. The van der Waals surface area contributed by atoms with E-state index in [1.807, 2.05) is 0 Å². The van der Waals surface area contributed by atoms with Crippen LogP contribution < -0.4 is 0 Å². The van der Waals surface area contributed by atoms with E-state index in [4.69, 9.17) is 9.41 Å². The van der Waals surface area contributed by atoms with Crippen LogP contribution in [0.5, 0.6) is 0 Å². The highest BCUT2D eigenvalue weighted by Crippen LogP contribution is 2.37. The van der Waals surface area contributed by atoms with Crippen LogP contribution in [-0.2, 0) is 17.5 Å². The standard InChI is InChI=1S/C24H30BrNOSi/c1-7-21-13-12-19-14-20(15-22(25)23(19)26-21)18-10-8-17(9-11-18)16-27-28(5,6)24(2,3)4/h8-15H,7,16H2,1-6H3. The topological polar surface area (TPSA) is 22.1 Å². The van der Waals surface area contributed by atoms with Gasteiger partial charge in [-0.1, -0.05) is 58.0 Å². The number of fused-ring (bicyclic) bond motifs is 1.